The Morgan fingerprint density at radius 1 is 1.41 bits per heavy atom. The number of benzene rings is 1. The normalized spacial score (nSPS) is 11.5. The van der Waals surface area contributed by atoms with Gasteiger partial charge in [0, 0.05) is 5.57 Å². The summed E-state index contributed by atoms with van der Waals surface area (Å²) >= 11 is 0. The molecule has 0 saturated heterocycles. The number of carboxylic acids is 1. The van der Waals surface area contributed by atoms with Gasteiger partial charge in [0.25, 0.3) is 0 Å². The highest BCUT2D eigenvalue weighted by Crippen LogP contribution is 2.20. The lowest BCUT2D eigenvalue weighted by molar-refractivity contribution is -0.132. The Balaban J connectivity index is 2.95. The first kappa shape index (κ1) is 13.3. The summed E-state index contributed by atoms with van der Waals surface area (Å²) < 4.78 is 0. The average molecular weight is 234 g/mol. The Labute approximate surface area is 101 Å². The fourth-order valence-electron chi connectivity index (χ4n) is 1.58. The van der Waals surface area contributed by atoms with E-state index in [1.165, 1.54) is 0 Å². The van der Waals surface area contributed by atoms with Crippen molar-refractivity contribution in [2.75, 3.05) is 0 Å². The van der Waals surface area contributed by atoms with Crippen LogP contribution in [-0.4, -0.2) is 16.2 Å². The lowest BCUT2D eigenvalue weighted by Gasteiger charge is -2.03. The second-order valence-electron chi connectivity index (χ2n) is 4.12. The molecule has 0 aliphatic heterocycles. The fraction of sp³-hybridized carbons (Fsp3) is 0.357. The first-order valence-corrected chi connectivity index (χ1v) is 5.78. The Hall–Kier alpha value is -1.77. The molecule has 2 N–H and O–H groups in total. The second kappa shape index (κ2) is 6.09. The molecule has 0 bridgehead atoms. The van der Waals surface area contributed by atoms with Gasteiger partial charge in [-0.1, -0.05) is 19.4 Å². The van der Waals surface area contributed by atoms with E-state index in [2.05, 4.69) is 0 Å². The van der Waals surface area contributed by atoms with Gasteiger partial charge in [0.2, 0.25) is 0 Å². The van der Waals surface area contributed by atoms with Crippen molar-refractivity contribution in [1.29, 1.82) is 0 Å². The lowest BCUT2D eigenvalue weighted by atomic mass is 10.0. The molecular weight excluding hydrogens is 216 g/mol. The molecule has 0 saturated carbocycles. The summed E-state index contributed by atoms with van der Waals surface area (Å²) in [6, 6.07) is 5.09. The van der Waals surface area contributed by atoms with Crippen molar-refractivity contribution < 1.29 is 15.0 Å². The van der Waals surface area contributed by atoms with Crippen LogP contribution < -0.4 is 0 Å². The largest absolute Gasteiger partial charge is 0.508 e. The van der Waals surface area contributed by atoms with Crippen LogP contribution in [0.4, 0.5) is 0 Å². The van der Waals surface area contributed by atoms with E-state index >= 15 is 0 Å². The van der Waals surface area contributed by atoms with Gasteiger partial charge in [0.05, 0.1) is 0 Å². The Bertz CT molecular complexity index is 433. The van der Waals surface area contributed by atoms with Crippen LogP contribution in [0.15, 0.2) is 23.8 Å². The number of hydrogen-bond acceptors (Lipinski definition) is 2. The van der Waals surface area contributed by atoms with Gasteiger partial charge in [-0.25, -0.2) is 4.79 Å². The molecule has 0 aromatic heterocycles. The summed E-state index contributed by atoms with van der Waals surface area (Å²) in [5.41, 5.74) is 1.98. The lowest BCUT2D eigenvalue weighted by Crippen LogP contribution is -2.00. The number of phenolic OH excluding ortho intramolecular Hbond substituents is 1. The fourth-order valence-corrected chi connectivity index (χ4v) is 1.58. The van der Waals surface area contributed by atoms with Crippen molar-refractivity contribution in [3.05, 3.63) is 34.9 Å². The van der Waals surface area contributed by atoms with Crippen LogP contribution in [0.2, 0.25) is 0 Å². The van der Waals surface area contributed by atoms with E-state index in [0.29, 0.717) is 12.0 Å². The number of hydrogen-bond donors (Lipinski definition) is 2. The van der Waals surface area contributed by atoms with Crippen LogP contribution in [0.1, 0.15) is 37.3 Å². The van der Waals surface area contributed by atoms with Gasteiger partial charge in [-0.05, 0) is 49.1 Å². The summed E-state index contributed by atoms with van der Waals surface area (Å²) in [5, 5.41) is 18.5. The smallest absolute Gasteiger partial charge is 0.331 e. The van der Waals surface area contributed by atoms with E-state index in [-0.39, 0.29) is 5.75 Å². The molecule has 1 aromatic rings. The van der Waals surface area contributed by atoms with Crippen LogP contribution in [-0.2, 0) is 4.79 Å². The number of aryl methyl sites for hydroxylation is 1. The molecule has 0 fully saturated rings. The molecule has 0 aliphatic rings. The van der Waals surface area contributed by atoms with Crippen LogP contribution in [0.25, 0.3) is 6.08 Å². The molecule has 0 amide bonds. The maximum absolute atomic E-state index is 11.0. The van der Waals surface area contributed by atoms with Gasteiger partial charge in [-0.15, -0.1) is 0 Å². The van der Waals surface area contributed by atoms with Crippen molar-refractivity contribution in [2.45, 2.75) is 33.1 Å². The van der Waals surface area contributed by atoms with E-state index in [1.807, 2.05) is 6.92 Å². The third-order valence-electron chi connectivity index (χ3n) is 2.64. The predicted molar refractivity (Wildman–Crippen MR) is 68.0 cm³/mol. The van der Waals surface area contributed by atoms with Crippen molar-refractivity contribution in [3.63, 3.8) is 0 Å². The Kier molecular flexibility index (Phi) is 4.76. The van der Waals surface area contributed by atoms with Gasteiger partial charge in [0.15, 0.2) is 0 Å². The number of aliphatic carboxylic acids is 1. The summed E-state index contributed by atoms with van der Waals surface area (Å²) in [4.78, 5) is 11.0. The maximum atomic E-state index is 11.0. The van der Waals surface area contributed by atoms with Gasteiger partial charge in [0.1, 0.15) is 5.75 Å². The number of unbranched alkanes of at least 4 members (excludes halogenated alkanes) is 1. The van der Waals surface area contributed by atoms with E-state index in [1.54, 1.807) is 31.2 Å². The number of carboxylic acid groups (broad SMARTS) is 1. The molecule has 0 heterocycles. The minimum absolute atomic E-state index is 0.229. The SMILES string of the molecule is CCCCC(=Cc1ccc(O)c(C)c1)C(=O)O. The zero-order valence-corrected chi connectivity index (χ0v) is 10.2. The molecule has 3 nitrogen and oxygen atoms in total. The summed E-state index contributed by atoms with van der Waals surface area (Å²) in [7, 11) is 0. The Morgan fingerprint density at radius 2 is 2.12 bits per heavy atom. The molecule has 0 radical (unpaired) electrons. The molecule has 3 heteroatoms. The standard InChI is InChI=1S/C14H18O3/c1-3-4-5-12(14(16)17)9-11-6-7-13(15)10(2)8-11/h6-9,15H,3-5H2,1-2H3,(H,16,17). The topological polar surface area (TPSA) is 57.5 Å². The first-order chi connectivity index (χ1) is 8.04. The first-order valence-electron chi connectivity index (χ1n) is 5.78. The van der Waals surface area contributed by atoms with E-state index in [4.69, 9.17) is 5.11 Å². The number of aromatic hydroxyl groups is 1. The second-order valence-corrected chi connectivity index (χ2v) is 4.12. The zero-order valence-electron chi connectivity index (χ0n) is 10.2. The number of carbonyl (C=O) groups is 1. The van der Waals surface area contributed by atoms with Gasteiger partial charge in [-0.3, -0.25) is 0 Å². The summed E-state index contributed by atoms with van der Waals surface area (Å²) in [6.45, 7) is 3.82. The summed E-state index contributed by atoms with van der Waals surface area (Å²) in [6.07, 6.45) is 4.09. The van der Waals surface area contributed by atoms with Gasteiger partial charge < -0.3 is 10.2 Å². The average Bonchev–Trinajstić information content (AvgIpc) is 2.28. The minimum Gasteiger partial charge on any atom is -0.508 e. The van der Waals surface area contributed by atoms with Crippen LogP contribution in [0.5, 0.6) is 5.75 Å². The number of rotatable bonds is 5. The maximum Gasteiger partial charge on any atom is 0.331 e. The quantitative estimate of drug-likeness (QED) is 0.768. The van der Waals surface area contributed by atoms with Crippen molar-refractivity contribution in [3.8, 4) is 5.75 Å². The van der Waals surface area contributed by atoms with E-state index < -0.39 is 5.97 Å². The third-order valence-corrected chi connectivity index (χ3v) is 2.64. The minimum atomic E-state index is -0.871. The third kappa shape index (κ3) is 3.94. The highest BCUT2D eigenvalue weighted by atomic mass is 16.4. The van der Waals surface area contributed by atoms with Gasteiger partial charge in [-0.2, -0.15) is 0 Å². The van der Waals surface area contributed by atoms with Crippen molar-refractivity contribution >= 4 is 12.0 Å². The van der Waals surface area contributed by atoms with Crippen molar-refractivity contribution in [2.24, 2.45) is 0 Å². The predicted octanol–water partition coefficient (Wildman–Crippen LogP) is 3.36. The molecule has 0 atom stereocenters. The molecule has 92 valence electrons. The molecule has 0 spiro atoms. The highest BCUT2D eigenvalue weighted by molar-refractivity contribution is 5.92. The zero-order chi connectivity index (χ0) is 12.8. The van der Waals surface area contributed by atoms with Crippen LogP contribution >= 0.6 is 0 Å². The molecule has 17 heavy (non-hydrogen) atoms. The van der Waals surface area contributed by atoms with Gasteiger partial charge >= 0.3 is 5.97 Å². The highest BCUT2D eigenvalue weighted by Gasteiger charge is 2.07. The Morgan fingerprint density at radius 3 is 2.65 bits per heavy atom. The molecular formula is C14H18O3. The van der Waals surface area contributed by atoms with Crippen molar-refractivity contribution in [1.82, 2.24) is 0 Å². The van der Waals surface area contributed by atoms with Crippen LogP contribution in [0.3, 0.4) is 0 Å². The monoisotopic (exact) mass is 234 g/mol. The number of phenols is 1. The summed E-state index contributed by atoms with van der Waals surface area (Å²) in [5.74, 6) is -0.642. The van der Waals surface area contributed by atoms with Crippen LogP contribution in [0, 0.1) is 6.92 Å². The van der Waals surface area contributed by atoms with E-state index in [0.717, 1.165) is 24.0 Å². The molecule has 0 aliphatic carbocycles. The van der Waals surface area contributed by atoms with E-state index in [9.17, 15) is 9.90 Å². The molecule has 1 aromatic carbocycles. The molecule has 0 unspecified atom stereocenters. The molecule has 1 rings (SSSR count).